The molecule has 12 heteroatoms. The second kappa shape index (κ2) is 9.63. The third-order valence-electron chi connectivity index (χ3n) is 3.58. The van der Waals surface area contributed by atoms with Gasteiger partial charge in [-0.3, -0.25) is 15.4 Å². The van der Waals surface area contributed by atoms with E-state index in [-0.39, 0.29) is 23.3 Å². The fraction of sp³-hybridized carbons (Fsp3) is 0.500. The lowest BCUT2D eigenvalue weighted by atomic mass is 9.97. The molecule has 0 aliphatic carbocycles. The number of carbonyl (C=O) groups excluding carboxylic acids is 2. The van der Waals surface area contributed by atoms with E-state index in [1.807, 2.05) is 0 Å². The van der Waals surface area contributed by atoms with Crippen molar-refractivity contribution in [2.75, 3.05) is 23.8 Å². The van der Waals surface area contributed by atoms with Crippen LogP contribution in [0.25, 0.3) is 0 Å². The van der Waals surface area contributed by atoms with Gasteiger partial charge in [0.2, 0.25) is 5.91 Å². The van der Waals surface area contributed by atoms with Crippen molar-refractivity contribution in [2.24, 2.45) is 5.41 Å². The van der Waals surface area contributed by atoms with Crippen molar-refractivity contribution in [3.63, 3.8) is 0 Å². The van der Waals surface area contributed by atoms with Gasteiger partial charge in [0.1, 0.15) is 12.4 Å². The summed E-state index contributed by atoms with van der Waals surface area (Å²) in [4.78, 5) is 35.0. The van der Waals surface area contributed by atoms with Crippen LogP contribution >= 0.6 is 0 Å². The number of carbonyl (C=O) groups is 3. The minimum absolute atomic E-state index is 0.0111. The molecule has 168 valence electrons. The van der Waals surface area contributed by atoms with E-state index in [0.29, 0.717) is 0 Å². The number of halogens is 4. The maximum atomic E-state index is 14.2. The Balaban J connectivity index is 3.19. The summed E-state index contributed by atoms with van der Waals surface area (Å²) in [6.07, 6.45) is -7.20. The Morgan fingerprint density at radius 3 is 2.20 bits per heavy atom. The molecule has 0 aliphatic heterocycles. The van der Waals surface area contributed by atoms with Crippen molar-refractivity contribution in [3.8, 4) is 0 Å². The standard InChI is InChI=1S/C18H23F4N3O5/c1-9(14(26)23-7-18(20,21)22)10-5-11(19)13(24-15(27)28)6-12(10)25-16(29)30-8-17(2,3)4/h5-6,9,24H,7-8H2,1-4H3,(H,23,26)(H,25,29)(H,27,28). The van der Waals surface area contributed by atoms with Gasteiger partial charge in [-0.1, -0.05) is 20.8 Å². The van der Waals surface area contributed by atoms with Crippen LogP contribution in [-0.4, -0.2) is 42.5 Å². The Bertz CT molecular complexity index is 806. The number of amides is 3. The molecule has 0 fully saturated rings. The highest BCUT2D eigenvalue weighted by Crippen LogP contribution is 2.31. The van der Waals surface area contributed by atoms with Crippen LogP contribution in [0.3, 0.4) is 0 Å². The monoisotopic (exact) mass is 437 g/mol. The Morgan fingerprint density at radius 1 is 1.10 bits per heavy atom. The molecule has 30 heavy (non-hydrogen) atoms. The van der Waals surface area contributed by atoms with Gasteiger partial charge in [0.25, 0.3) is 0 Å². The first kappa shape index (κ1) is 25.0. The Kier molecular flexibility index (Phi) is 8.02. The number of nitrogens with one attached hydrogen (secondary N) is 3. The first-order valence-electron chi connectivity index (χ1n) is 8.70. The molecule has 0 saturated heterocycles. The van der Waals surface area contributed by atoms with Crippen LogP contribution in [0, 0.1) is 11.2 Å². The van der Waals surface area contributed by atoms with Gasteiger partial charge in [-0.2, -0.15) is 13.2 Å². The second-order valence-electron chi connectivity index (χ2n) is 7.67. The van der Waals surface area contributed by atoms with Gasteiger partial charge < -0.3 is 15.2 Å². The molecule has 1 unspecified atom stereocenters. The Hall–Kier alpha value is -3.05. The molecule has 1 rings (SSSR count). The molecule has 0 spiro atoms. The average molecular weight is 437 g/mol. The molecule has 0 bridgehead atoms. The highest BCUT2D eigenvalue weighted by Gasteiger charge is 2.30. The minimum Gasteiger partial charge on any atom is -0.465 e. The van der Waals surface area contributed by atoms with Gasteiger partial charge in [0.05, 0.1) is 23.9 Å². The quantitative estimate of drug-likeness (QED) is 0.496. The molecule has 1 atom stereocenters. The zero-order chi connectivity index (χ0) is 23.3. The summed E-state index contributed by atoms with van der Waals surface area (Å²) < 4.78 is 56.3. The summed E-state index contributed by atoms with van der Waals surface area (Å²) >= 11 is 0. The highest BCUT2D eigenvalue weighted by molar-refractivity contribution is 5.92. The van der Waals surface area contributed by atoms with E-state index in [0.717, 1.165) is 12.1 Å². The van der Waals surface area contributed by atoms with Crippen LogP contribution in [-0.2, 0) is 9.53 Å². The van der Waals surface area contributed by atoms with E-state index >= 15 is 0 Å². The van der Waals surface area contributed by atoms with Gasteiger partial charge in [-0.15, -0.1) is 0 Å². The van der Waals surface area contributed by atoms with Gasteiger partial charge in [-0.05, 0) is 30.0 Å². The van der Waals surface area contributed by atoms with E-state index in [1.54, 1.807) is 31.4 Å². The lowest BCUT2D eigenvalue weighted by molar-refractivity contribution is -0.139. The normalized spacial score (nSPS) is 12.7. The number of carboxylic acid groups (broad SMARTS) is 1. The third kappa shape index (κ3) is 8.53. The zero-order valence-corrected chi connectivity index (χ0v) is 16.7. The summed E-state index contributed by atoms with van der Waals surface area (Å²) in [5.74, 6) is -3.47. The van der Waals surface area contributed by atoms with Crippen LogP contribution < -0.4 is 16.0 Å². The van der Waals surface area contributed by atoms with Crippen molar-refractivity contribution in [1.29, 1.82) is 0 Å². The molecule has 1 aromatic rings. The fourth-order valence-electron chi connectivity index (χ4n) is 2.18. The van der Waals surface area contributed by atoms with Crippen LogP contribution in [0.15, 0.2) is 12.1 Å². The van der Waals surface area contributed by atoms with E-state index in [9.17, 15) is 31.9 Å². The molecule has 8 nitrogen and oxygen atoms in total. The van der Waals surface area contributed by atoms with Crippen molar-refractivity contribution < 1.29 is 41.8 Å². The molecule has 3 amide bonds. The predicted molar refractivity (Wildman–Crippen MR) is 100.0 cm³/mol. The maximum absolute atomic E-state index is 14.2. The van der Waals surface area contributed by atoms with Crippen molar-refractivity contribution in [1.82, 2.24) is 5.32 Å². The van der Waals surface area contributed by atoms with E-state index in [1.165, 1.54) is 6.92 Å². The summed E-state index contributed by atoms with van der Waals surface area (Å²) in [6.45, 7) is 5.02. The van der Waals surface area contributed by atoms with Crippen LogP contribution in [0.5, 0.6) is 0 Å². The number of ether oxygens (including phenoxy) is 1. The van der Waals surface area contributed by atoms with Crippen molar-refractivity contribution in [2.45, 2.75) is 39.8 Å². The summed E-state index contributed by atoms with van der Waals surface area (Å²) in [5, 5.41) is 14.5. The maximum Gasteiger partial charge on any atom is 0.411 e. The number of benzene rings is 1. The molecule has 0 saturated carbocycles. The first-order chi connectivity index (χ1) is 13.6. The fourth-order valence-corrected chi connectivity index (χ4v) is 2.18. The zero-order valence-electron chi connectivity index (χ0n) is 16.7. The number of hydrogen-bond donors (Lipinski definition) is 4. The molecular weight excluding hydrogens is 414 g/mol. The summed E-state index contributed by atoms with van der Waals surface area (Å²) in [7, 11) is 0. The smallest absolute Gasteiger partial charge is 0.411 e. The highest BCUT2D eigenvalue weighted by atomic mass is 19.4. The lowest BCUT2D eigenvalue weighted by Gasteiger charge is -2.21. The Labute approximate surface area is 170 Å². The molecule has 0 aromatic heterocycles. The topological polar surface area (TPSA) is 117 Å². The van der Waals surface area contributed by atoms with Crippen LogP contribution in [0.1, 0.15) is 39.2 Å². The van der Waals surface area contributed by atoms with E-state index < -0.39 is 48.2 Å². The SMILES string of the molecule is CC(C(=O)NCC(F)(F)F)c1cc(F)c(NC(=O)O)cc1NC(=O)OCC(C)(C)C. The van der Waals surface area contributed by atoms with Crippen molar-refractivity contribution >= 4 is 29.5 Å². The predicted octanol–water partition coefficient (Wildman–Crippen LogP) is 4.29. The first-order valence-corrected chi connectivity index (χ1v) is 8.70. The minimum atomic E-state index is -4.65. The van der Waals surface area contributed by atoms with Crippen molar-refractivity contribution in [3.05, 3.63) is 23.5 Å². The largest absolute Gasteiger partial charge is 0.465 e. The Morgan fingerprint density at radius 2 is 1.70 bits per heavy atom. The summed E-state index contributed by atoms with van der Waals surface area (Å²) in [5.41, 5.74) is -1.27. The van der Waals surface area contributed by atoms with E-state index in [4.69, 9.17) is 9.84 Å². The number of rotatable bonds is 6. The average Bonchev–Trinajstić information content (AvgIpc) is 2.58. The summed E-state index contributed by atoms with van der Waals surface area (Å²) in [6, 6.07) is 1.66. The molecule has 0 radical (unpaired) electrons. The van der Waals surface area contributed by atoms with Crippen LogP contribution in [0.4, 0.5) is 38.5 Å². The molecule has 1 aromatic carbocycles. The van der Waals surface area contributed by atoms with Gasteiger partial charge in [-0.25, -0.2) is 14.0 Å². The third-order valence-corrected chi connectivity index (χ3v) is 3.58. The van der Waals surface area contributed by atoms with Gasteiger partial charge in [0.15, 0.2) is 0 Å². The number of hydrogen-bond acceptors (Lipinski definition) is 4. The number of alkyl halides is 3. The molecule has 4 N–H and O–H groups in total. The van der Waals surface area contributed by atoms with Gasteiger partial charge in [0, 0.05) is 0 Å². The molecule has 0 aliphatic rings. The second-order valence-corrected chi connectivity index (χ2v) is 7.67. The van der Waals surface area contributed by atoms with Crippen LogP contribution in [0.2, 0.25) is 0 Å². The van der Waals surface area contributed by atoms with E-state index in [2.05, 4.69) is 5.32 Å². The lowest BCUT2D eigenvalue weighted by Crippen LogP contribution is -2.36. The molecular formula is C18H23F4N3O5. The number of anilines is 2. The molecule has 0 heterocycles. The van der Waals surface area contributed by atoms with Gasteiger partial charge >= 0.3 is 18.4 Å².